The van der Waals surface area contributed by atoms with Gasteiger partial charge in [0.05, 0.1) is 14.2 Å². The van der Waals surface area contributed by atoms with E-state index in [-0.39, 0.29) is 34.8 Å². The van der Waals surface area contributed by atoms with Crippen LogP contribution in [-0.2, 0) is 10.2 Å². The summed E-state index contributed by atoms with van der Waals surface area (Å²) in [6, 6.07) is 9.91. The maximum absolute atomic E-state index is 12.5. The molecule has 0 aromatic heterocycles. The number of benzene rings is 2. The summed E-state index contributed by atoms with van der Waals surface area (Å²) in [5, 5.41) is 0. The molecular weight excluding hydrogens is 402 g/mol. The van der Waals surface area contributed by atoms with Crippen LogP contribution in [0.4, 0.5) is 0 Å². The highest BCUT2D eigenvalue weighted by Gasteiger charge is 2.19. The van der Waals surface area contributed by atoms with Crippen molar-refractivity contribution in [3.63, 3.8) is 0 Å². The number of hydrazine groups is 1. The van der Waals surface area contributed by atoms with Crippen molar-refractivity contribution in [2.45, 2.75) is 26.2 Å². The largest absolute Gasteiger partial charge is 0.493 e. The van der Waals surface area contributed by atoms with E-state index < -0.39 is 17.7 Å². The molecule has 9 heteroatoms. The van der Waals surface area contributed by atoms with E-state index in [1.54, 1.807) is 12.1 Å². The number of amides is 3. The molecule has 31 heavy (non-hydrogen) atoms. The van der Waals surface area contributed by atoms with Gasteiger partial charge in [-0.1, -0.05) is 32.9 Å². The van der Waals surface area contributed by atoms with Crippen LogP contribution in [0.5, 0.6) is 17.2 Å². The first kappa shape index (κ1) is 23.5. The number of rotatable bonds is 7. The molecule has 2 aromatic carbocycles. The van der Waals surface area contributed by atoms with Crippen LogP contribution in [0, 0.1) is 0 Å². The molecule has 0 radical (unpaired) electrons. The Kier molecular flexibility index (Phi) is 7.47. The minimum absolute atomic E-state index is 0.0331. The normalized spacial score (nSPS) is 10.7. The monoisotopic (exact) mass is 429 g/mol. The Morgan fingerprint density at radius 3 is 1.77 bits per heavy atom. The molecule has 9 nitrogen and oxygen atoms in total. The van der Waals surface area contributed by atoms with Gasteiger partial charge in [-0.2, -0.15) is 0 Å². The lowest BCUT2D eigenvalue weighted by Gasteiger charge is -2.19. The van der Waals surface area contributed by atoms with Gasteiger partial charge in [0.25, 0.3) is 17.7 Å². The first-order valence-electron chi connectivity index (χ1n) is 9.45. The van der Waals surface area contributed by atoms with Crippen molar-refractivity contribution in [3.05, 3.63) is 53.1 Å². The van der Waals surface area contributed by atoms with Crippen molar-refractivity contribution >= 4 is 17.7 Å². The van der Waals surface area contributed by atoms with Gasteiger partial charge in [-0.3, -0.25) is 25.2 Å². The highest BCUT2D eigenvalue weighted by atomic mass is 16.5. The van der Waals surface area contributed by atoms with Gasteiger partial charge in [-0.15, -0.1) is 0 Å². The average Bonchev–Trinajstić information content (AvgIpc) is 2.74. The molecule has 0 aliphatic carbocycles. The van der Waals surface area contributed by atoms with E-state index in [4.69, 9.17) is 19.9 Å². The van der Waals surface area contributed by atoms with Crippen molar-refractivity contribution in [1.29, 1.82) is 0 Å². The van der Waals surface area contributed by atoms with Crippen molar-refractivity contribution in [2.75, 3.05) is 20.8 Å². The fraction of sp³-hybridized carbons (Fsp3) is 0.318. The molecule has 4 N–H and O–H groups in total. The molecule has 0 saturated carbocycles. The quantitative estimate of drug-likeness (QED) is 0.577. The molecule has 0 unspecified atom stereocenters. The molecule has 166 valence electrons. The zero-order valence-corrected chi connectivity index (χ0v) is 18.2. The van der Waals surface area contributed by atoms with Crippen LogP contribution in [0.25, 0.3) is 0 Å². The topological polar surface area (TPSA) is 129 Å². The summed E-state index contributed by atoms with van der Waals surface area (Å²) in [7, 11) is 2.74. The molecule has 0 aliphatic rings. The van der Waals surface area contributed by atoms with Gasteiger partial charge >= 0.3 is 0 Å². The Balaban J connectivity index is 2.12. The number of primary amides is 1. The lowest BCUT2D eigenvalue weighted by Crippen LogP contribution is -2.41. The summed E-state index contributed by atoms with van der Waals surface area (Å²) in [6.45, 7) is 5.85. The highest BCUT2D eigenvalue weighted by molar-refractivity contribution is 5.99. The summed E-state index contributed by atoms with van der Waals surface area (Å²) in [5.74, 6) is -1.29. The summed E-state index contributed by atoms with van der Waals surface area (Å²) >= 11 is 0. The minimum atomic E-state index is -0.677. The predicted molar refractivity (Wildman–Crippen MR) is 114 cm³/mol. The minimum Gasteiger partial charge on any atom is -0.493 e. The molecular formula is C22H27N3O6. The average molecular weight is 429 g/mol. The fourth-order valence-electron chi connectivity index (χ4n) is 2.68. The SMILES string of the molecule is COc1cc(C(=O)NNC(=O)c2ccc(C(C)(C)C)cc2)cc(OC)c1OCC(N)=O. The van der Waals surface area contributed by atoms with E-state index >= 15 is 0 Å². The predicted octanol–water partition coefficient (Wildman–Crippen LogP) is 1.94. The molecule has 0 heterocycles. The number of nitrogens with one attached hydrogen (secondary N) is 2. The second-order valence-electron chi connectivity index (χ2n) is 7.70. The van der Waals surface area contributed by atoms with Crippen LogP contribution in [0.15, 0.2) is 36.4 Å². The Morgan fingerprint density at radius 2 is 1.35 bits per heavy atom. The Bertz CT molecular complexity index is 939. The van der Waals surface area contributed by atoms with Crippen LogP contribution in [0.2, 0.25) is 0 Å². The Hall–Kier alpha value is -3.75. The van der Waals surface area contributed by atoms with E-state index in [0.717, 1.165) is 5.56 Å². The highest BCUT2D eigenvalue weighted by Crippen LogP contribution is 2.38. The molecule has 2 rings (SSSR count). The van der Waals surface area contributed by atoms with Gasteiger partial charge in [0.2, 0.25) is 5.75 Å². The molecule has 0 atom stereocenters. The molecule has 0 bridgehead atoms. The lowest BCUT2D eigenvalue weighted by molar-refractivity contribution is -0.120. The smallest absolute Gasteiger partial charge is 0.269 e. The van der Waals surface area contributed by atoms with Crippen LogP contribution >= 0.6 is 0 Å². The lowest BCUT2D eigenvalue weighted by atomic mass is 9.87. The summed E-state index contributed by atoms with van der Waals surface area (Å²) in [5.41, 5.74) is 11.4. The van der Waals surface area contributed by atoms with E-state index in [9.17, 15) is 14.4 Å². The molecule has 0 saturated heterocycles. The van der Waals surface area contributed by atoms with Crippen molar-refractivity contribution in [2.24, 2.45) is 5.73 Å². The van der Waals surface area contributed by atoms with Gasteiger partial charge in [-0.25, -0.2) is 0 Å². The molecule has 0 aliphatic heterocycles. The third-order valence-electron chi connectivity index (χ3n) is 4.38. The number of hydrogen-bond donors (Lipinski definition) is 3. The third kappa shape index (κ3) is 6.11. The number of methoxy groups -OCH3 is 2. The number of carbonyl (C=O) groups excluding carboxylic acids is 3. The van der Waals surface area contributed by atoms with Gasteiger partial charge in [0.1, 0.15) is 0 Å². The Morgan fingerprint density at radius 1 is 0.871 bits per heavy atom. The van der Waals surface area contributed by atoms with E-state index in [2.05, 4.69) is 31.6 Å². The van der Waals surface area contributed by atoms with E-state index in [0.29, 0.717) is 5.56 Å². The molecule has 0 fully saturated rings. The number of nitrogens with two attached hydrogens (primary N) is 1. The first-order valence-corrected chi connectivity index (χ1v) is 9.45. The van der Waals surface area contributed by atoms with E-state index in [1.807, 2.05) is 12.1 Å². The maximum Gasteiger partial charge on any atom is 0.269 e. The fourth-order valence-corrected chi connectivity index (χ4v) is 2.68. The van der Waals surface area contributed by atoms with Crippen LogP contribution in [0.1, 0.15) is 47.1 Å². The third-order valence-corrected chi connectivity index (χ3v) is 4.38. The molecule has 3 amide bonds. The Labute approximate surface area is 180 Å². The van der Waals surface area contributed by atoms with Crippen molar-refractivity contribution < 1.29 is 28.6 Å². The van der Waals surface area contributed by atoms with Crippen LogP contribution in [0.3, 0.4) is 0 Å². The zero-order valence-electron chi connectivity index (χ0n) is 18.2. The first-order chi connectivity index (χ1) is 14.6. The number of carbonyl (C=O) groups is 3. The summed E-state index contributed by atoms with van der Waals surface area (Å²) in [6.07, 6.45) is 0. The number of hydrogen-bond acceptors (Lipinski definition) is 6. The van der Waals surface area contributed by atoms with Crippen molar-refractivity contribution in [1.82, 2.24) is 10.9 Å². The maximum atomic E-state index is 12.5. The van der Waals surface area contributed by atoms with E-state index in [1.165, 1.54) is 26.4 Å². The van der Waals surface area contributed by atoms with Crippen LogP contribution < -0.4 is 30.8 Å². The summed E-state index contributed by atoms with van der Waals surface area (Å²) < 4.78 is 15.7. The van der Waals surface area contributed by atoms with Gasteiger partial charge in [0, 0.05) is 11.1 Å². The second kappa shape index (κ2) is 9.84. The molecule has 0 spiro atoms. The van der Waals surface area contributed by atoms with Gasteiger partial charge < -0.3 is 19.9 Å². The summed E-state index contributed by atoms with van der Waals surface area (Å²) in [4.78, 5) is 35.9. The van der Waals surface area contributed by atoms with Gasteiger partial charge in [-0.05, 0) is 35.2 Å². The van der Waals surface area contributed by atoms with Crippen LogP contribution in [-0.4, -0.2) is 38.5 Å². The van der Waals surface area contributed by atoms with Crippen molar-refractivity contribution in [3.8, 4) is 17.2 Å². The zero-order chi connectivity index (χ0) is 23.2. The van der Waals surface area contributed by atoms with Gasteiger partial charge in [0.15, 0.2) is 18.1 Å². The molecule has 2 aromatic rings. The standard InChI is InChI=1S/C22H27N3O6/c1-22(2,3)15-8-6-13(7-9-15)20(27)24-25-21(28)14-10-16(29-4)19(17(11-14)30-5)31-12-18(23)26/h6-11H,12H2,1-5H3,(H2,23,26)(H,24,27)(H,25,28). The second-order valence-corrected chi connectivity index (χ2v) is 7.70. The number of ether oxygens (including phenoxy) is 3.